The second-order valence-electron chi connectivity index (χ2n) is 11.6. The van der Waals surface area contributed by atoms with Gasteiger partial charge < -0.3 is 5.32 Å². The van der Waals surface area contributed by atoms with E-state index in [0.717, 1.165) is 18.3 Å². The summed E-state index contributed by atoms with van der Waals surface area (Å²) in [7, 11) is -14.8. The van der Waals surface area contributed by atoms with E-state index in [9.17, 15) is 43.7 Å². The van der Waals surface area contributed by atoms with Crippen LogP contribution < -0.4 is 5.32 Å². The molecule has 21 heteroatoms. The van der Waals surface area contributed by atoms with Crippen molar-refractivity contribution in [3.63, 3.8) is 0 Å². The molecule has 0 saturated heterocycles. The normalized spacial score (nSPS) is 12.6. The number of rotatable bonds is 9. The number of hydrogen-bond donors (Lipinski definition) is 4. The van der Waals surface area contributed by atoms with Crippen molar-refractivity contribution < 1.29 is 43.7 Å². The van der Waals surface area contributed by atoms with Crippen LogP contribution in [0.1, 0.15) is 36.8 Å². The van der Waals surface area contributed by atoms with Crippen molar-refractivity contribution in [2.75, 3.05) is 5.32 Å². The predicted molar refractivity (Wildman–Crippen MR) is 180 cm³/mol. The number of anilines is 1. The highest BCUT2D eigenvalue weighted by molar-refractivity contribution is 7.86. The Morgan fingerprint density at radius 2 is 1.45 bits per heavy atom. The van der Waals surface area contributed by atoms with Gasteiger partial charge in [-0.3, -0.25) is 18.5 Å². The number of carbonyl (C=O) groups is 1. The maximum Gasteiger partial charge on any atom is 0.296 e. The largest absolute Gasteiger partial charge is 0.305 e. The van der Waals surface area contributed by atoms with Gasteiger partial charge in [0.2, 0.25) is 0 Å². The van der Waals surface area contributed by atoms with Crippen molar-refractivity contribution in [2.45, 2.75) is 40.9 Å². The molecule has 0 aliphatic heterocycles. The van der Waals surface area contributed by atoms with E-state index in [1.807, 2.05) is 0 Å². The van der Waals surface area contributed by atoms with Gasteiger partial charge in [-0.1, -0.05) is 51.1 Å². The van der Waals surface area contributed by atoms with E-state index in [1.54, 1.807) is 51.1 Å². The van der Waals surface area contributed by atoms with E-state index in [-0.39, 0.29) is 22.9 Å². The Morgan fingerprint density at radius 3 is 2.04 bits per heavy atom. The summed E-state index contributed by atoms with van der Waals surface area (Å²) in [5.41, 5.74) is -1.68. The molecule has 0 atom stereocenters. The average Bonchev–Trinajstić information content (AvgIpc) is 3.63. The van der Waals surface area contributed by atoms with Crippen LogP contribution in [0.2, 0.25) is 0 Å². The summed E-state index contributed by atoms with van der Waals surface area (Å²) in [4.78, 5) is 14.7. The molecule has 18 nitrogen and oxygen atoms in total. The van der Waals surface area contributed by atoms with Gasteiger partial charge in [-0.2, -0.15) is 35.5 Å². The van der Waals surface area contributed by atoms with Crippen molar-refractivity contribution in [3.8, 4) is 11.4 Å². The van der Waals surface area contributed by atoms with Crippen molar-refractivity contribution >= 4 is 59.3 Å². The second-order valence-corrected chi connectivity index (χ2v) is 15.8. The fraction of sp³-hybridized carbons (Fsp3) is 0.133. The molecule has 0 radical (unpaired) electrons. The summed E-state index contributed by atoms with van der Waals surface area (Å²) in [6.07, 6.45) is 0.961. The zero-order valence-electron chi connectivity index (χ0n) is 26.6. The first-order chi connectivity index (χ1) is 23.7. The second kappa shape index (κ2) is 13.2. The highest BCUT2D eigenvalue weighted by Crippen LogP contribution is 2.41. The lowest BCUT2D eigenvalue weighted by Gasteiger charge is -2.15. The maximum absolute atomic E-state index is 13.7. The predicted octanol–water partition coefficient (Wildman–Crippen LogP) is 5.31. The number of benzene rings is 3. The molecule has 3 aromatic carbocycles. The molecule has 0 saturated carbocycles. The lowest BCUT2D eigenvalue weighted by atomic mass is 9.91. The SMILES string of the molecule is [C-]#[N+]c1cnn(-c2cc(S(=O)(=O)O)ccc2S(=O)(=O)O)c1N=Nc1c(C(C)(C)C)nn(-c2ccccc2)c1NC(=O)c1ccccc1S(=O)(=O)O. The third kappa shape index (κ3) is 7.60. The van der Waals surface area contributed by atoms with Crippen molar-refractivity contribution in [3.05, 3.63) is 102 Å². The molecular weight excluding hydrogens is 729 g/mol. The minimum absolute atomic E-state index is 0.116. The number of azo groups is 1. The van der Waals surface area contributed by atoms with Crippen molar-refractivity contribution in [2.24, 2.45) is 10.2 Å². The third-order valence-corrected chi connectivity index (χ3v) is 9.70. The minimum Gasteiger partial charge on any atom is -0.305 e. The number of carbonyl (C=O) groups excluding carboxylic acids is 1. The lowest BCUT2D eigenvalue weighted by Crippen LogP contribution is -2.18. The Balaban J connectivity index is 1.78. The van der Waals surface area contributed by atoms with E-state index in [2.05, 4.69) is 30.6 Å². The first kappa shape index (κ1) is 36.6. The zero-order valence-corrected chi connectivity index (χ0v) is 29.0. The Kier molecular flexibility index (Phi) is 9.52. The Labute approximate surface area is 291 Å². The van der Waals surface area contributed by atoms with Crippen LogP contribution in [0.25, 0.3) is 16.2 Å². The summed E-state index contributed by atoms with van der Waals surface area (Å²) < 4.78 is 104. The minimum atomic E-state index is -5.05. The van der Waals surface area contributed by atoms with E-state index >= 15 is 0 Å². The van der Waals surface area contributed by atoms with Crippen LogP contribution in [0.3, 0.4) is 0 Å². The number of aromatic nitrogens is 4. The van der Waals surface area contributed by atoms with E-state index in [4.69, 9.17) is 6.57 Å². The first-order valence-corrected chi connectivity index (χ1v) is 18.6. The lowest BCUT2D eigenvalue weighted by molar-refractivity contribution is 0.102. The van der Waals surface area contributed by atoms with Crippen LogP contribution >= 0.6 is 0 Å². The Bertz CT molecular complexity index is 2600. The van der Waals surface area contributed by atoms with Crippen LogP contribution in [0.5, 0.6) is 0 Å². The third-order valence-electron chi connectivity index (χ3n) is 7.04. The van der Waals surface area contributed by atoms with E-state index in [0.29, 0.717) is 22.5 Å². The van der Waals surface area contributed by atoms with Gasteiger partial charge in [0.15, 0.2) is 17.3 Å². The molecule has 0 unspecified atom stereocenters. The molecule has 51 heavy (non-hydrogen) atoms. The monoisotopic (exact) mass is 754 g/mol. The van der Waals surface area contributed by atoms with Crippen molar-refractivity contribution in [1.82, 2.24) is 19.6 Å². The molecule has 0 fully saturated rings. The molecule has 4 N–H and O–H groups in total. The molecule has 0 spiro atoms. The number of nitrogens with zero attached hydrogens (tertiary/aromatic N) is 7. The van der Waals surface area contributed by atoms with Gasteiger partial charge in [-0.25, -0.2) is 14.2 Å². The molecule has 0 aliphatic carbocycles. The number of amides is 1. The van der Waals surface area contributed by atoms with Crippen LogP contribution in [0, 0.1) is 6.57 Å². The standard InChI is InChI=1S/C30H26N8O10S3/c1-30(2,3)26-25(28(37(36-26)18-10-6-5-7-11-18)33-29(39)20-12-8-9-13-23(20)50(43,44)45)34-35-27-21(31-4)17-32-38(27)22-16-19(49(40,41)42)14-15-24(22)51(46,47)48/h5-17H,1-3H3,(H,33,39)(H,40,41,42)(H,43,44,45)(H,46,47,48). The van der Waals surface area contributed by atoms with Crippen LogP contribution in [-0.4, -0.2) is 64.4 Å². The van der Waals surface area contributed by atoms with Gasteiger partial charge in [0.1, 0.15) is 9.79 Å². The van der Waals surface area contributed by atoms with Gasteiger partial charge in [0, 0.05) is 5.41 Å². The fourth-order valence-corrected chi connectivity index (χ4v) is 6.59. The van der Waals surface area contributed by atoms with Gasteiger partial charge in [-0.05, 0) is 42.5 Å². The molecule has 5 aromatic rings. The highest BCUT2D eigenvalue weighted by Gasteiger charge is 2.31. The van der Waals surface area contributed by atoms with E-state index in [1.165, 1.54) is 22.9 Å². The average molecular weight is 755 g/mol. The highest BCUT2D eigenvalue weighted by atomic mass is 32.2. The summed E-state index contributed by atoms with van der Waals surface area (Å²) in [6, 6.07) is 15.4. The molecule has 2 aromatic heterocycles. The Hall–Kier alpha value is -5.63. The van der Waals surface area contributed by atoms with Crippen LogP contribution in [0.15, 0.2) is 104 Å². The Morgan fingerprint density at radius 1 is 0.824 bits per heavy atom. The van der Waals surface area contributed by atoms with Gasteiger partial charge in [0.25, 0.3) is 41.9 Å². The summed E-state index contributed by atoms with van der Waals surface area (Å²) in [5, 5.41) is 19.7. The van der Waals surface area contributed by atoms with Gasteiger partial charge in [0.05, 0.1) is 40.3 Å². The number of hydrogen-bond acceptors (Lipinski definition) is 11. The number of para-hydroxylation sites is 1. The molecule has 1 amide bonds. The quantitative estimate of drug-likeness (QED) is 0.0848. The van der Waals surface area contributed by atoms with Gasteiger partial charge in [-0.15, -0.1) is 10.2 Å². The first-order valence-electron chi connectivity index (χ1n) is 14.2. The summed E-state index contributed by atoms with van der Waals surface area (Å²) in [6.45, 7) is 12.9. The molecule has 2 heterocycles. The van der Waals surface area contributed by atoms with E-state index < -0.39 is 73.4 Å². The van der Waals surface area contributed by atoms with Gasteiger partial charge >= 0.3 is 0 Å². The summed E-state index contributed by atoms with van der Waals surface area (Å²) >= 11 is 0. The van der Waals surface area contributed by atoms with Crippen LogP contribution in [-0.2, 0) is 35.8 Å². The molecule has 0 aliphatic rings. The molecule has 0 bridgehead atoms. The number of nitrogens with one attached hydrogen (secondary N) is 1. The maximum atomic E-state index is 13.7. The van der Waals surface area contributed by atoms with Crippen molar-refractivity contribution in [1.29, 1.82) is 0 Å². The summed E-state index contributed by atoms with van der Waals surface area (Å²) in [5.74, 6) is -1.61. The van der Waals surface area contributed by atoms with Crippen LogP contribution in [0.4, 0.5) is 23.0 Å². The fourth-order valence-electron chi connectivity index (χ4n) is 4.75. The molecule has 264 valence electrons. The zero-order chi connectivity index (χ0) is 37.5. The smallest absolute Gasteiger partial charge is 0.296 e. The molecule has 5 rings (SSSR count). The molecular formula is C30H26N8O10S3. The topological polar surface area (TPSA) is 257 Å².